The molecule has 1 aromatic carbocycles. The molecular formula is C24H38IN5O2. The number of guanidine groups is 1. The van der Waals surface area contributed by atoms with Crippen LogP contribution in [0.15, 0.2) is 23.2 Å². The second kappa shape index (κ2) is 13.0. The van der Waals surface area contributed by atoms with Crippen LogP contribution >= 0.6 is 24.0 Å². The predicted octanol–water partition coefficient (Wildman–Crippen LogP) is 3.89. The van der Waals surface area contributed by atoms with Crippen LogP contribution < -0.4 is 15.4 Å². The van der Waals surface area contributed by atoms with E-state index in [1.54, 1.807) is 7.05 Å². The molecule has 178 valence electrons. The number of aryl methyl sites for hydroxylation is 3. The number of hydrogen-bond acceptors (Lipinski definition) is 4. The summed E-state index contributed by atoms with van der Waals surface area (Å²) in [5, 5.41) is 11.5. The number of rotatable bonds is 9. The van der Waals surface area contributed by atoms with E-state index in [4.69, 9.17) is 9.47 Å². The average Bonchev–Trinajstić information content (AvgIpc) is 3.40. The minimum absolute atomic E-state index is 0. The van der Waals surface area contributed by atoms with Gasteiger partial charge in [0, 0.05) is 50.6 Å². The van der Waals surface area contributed by atoms with Gasteiger partial charge < -0.3 is 20.1 Å². The van der Waals surface area contributed by atoms with Crippen LogP contribution in [-0.2, 0) is 37.7 Å². The van der Waals surface area contributed by atoms with Crippen molar-refractivity contribution in [2.24, 2.45) is 12.0 Å². The van der Waals surface area contributed by atoms with Gasteiger partial charge in [-0.05, 0) is 44.2 Å². The quantitative estimate of drug-likeness (QED) is 0.279. The lowest BCUT2D eigenvalue weighted by molar-refractivity contribution is 0.0676. The van der Waals surface area contributed by atoms with Gasteiger partial charge in [-0.25, -0.2) is 0 Å². The van der Waals surface area contributed by atoms with Gasteiger partial charge in [0.05, 0.1) is 11.8 Å². The fraction of sp³-hybridized carbons (Fsp3) is 0.583. The molecule has 3 rings (SSSR count). The molecule has 0 spiro atoms. The van der Waals surface area contributed by atoms with Crippen molar-refractivity contribution in [2.45, 2.75) is 65.6 Å². The summed E-state index contributed by atoms with van der Waals surface area (Å²) in [5.41, 5.74) is 5.97. The topological polar surface area (TPSA) is 72.7 Å². The van der Waals surface area contributed by atoms with Crippen LogP contribution in [0.4, 0.5) is 0 Å². The van der Waals surface area contributed by atoms with Gasteiger partial charge in [-0.1, -0.05) is 26.0 Å². The maximum atomic E-state index is 6.12. The molecule has 32 heavy (non-hydrogen) atoms. The highest BCUT2D eigenvalue weighted by Gasteiger charge is 2.17. The summed E-state index contributed by atoms with van der Waals surface area (Å²) in [5.74, 6) is 1.67. The Balaban J connectivity index is 0.00000363. The predicted molar refractivity (Wildman–Crippen MR) is 140 cm³/mol. The van der Waals surface area contributed by atoms with Crippen molar-refractivity contribution in [2.75, 3.05) is 20.3 Å². The molecule has 1 unspecified atom stereocenters. The number of benzene rings is 1. The Kier molecular flexibility index (Phi) is 10.8. The van der Waals surface area contributed by atoms with Gasteiger partial charge >= 0.3 is 0 Å². The molecule has 0 radical (unpaired) electrons. The molecule has 0 aliphatic carbocycles. The first-order valence-electron chi connectivity index (χ1n) is 11.4. The molecule has 1 atom stereocenters. The van der Waals surface area contributed by atoms with Crippen molar-refractivity contribution in [1.29, 1.82) is 0 Å². The number of aromatic nitrogens is 2. The van der Waals surface area contributed by atoms with E-state index in [9.17, 15) is 0 Å². The SMILES string of the molecule is CCc1nn(C)c(CC)c1CNC(=NC)NCc1ccc(C)cc1OCC1CCCO1.I. The molecule has 1 aliphatic rings. The Morgan fingerprint density at radius 1 is 1.25 bits per heavy atom. The summed E-state index contributed by atoms with van der Waals surface area (Å²) in [4.78, 5) is 4.40. The van der Waals surface area contributed by atoms with E-state index < -0.39 is 0 Å². The summed E-state index contributed by atoms with van der Waals surface area (Å²) >= 11 is 0. The minimum Gasteiger partial charge on any atom is -0.491 e. The maximum Gasteiger partial charge on any atom is 0.191 e. The Morgan fingerprint density at radius 2 is 2.03 bits per heavy atom. The number of nitrogens with zero attached hydrogens (tertiary/aromatic N) is 3. The van der Waals surface area contributed by atoms with E-state index in [0.717, 1.165) is 55.3 Å². The highest BCUT2D eigenvalue weighted by atomic mass is 127. The third kappa shape index (κ3) is 6.84. The van der Waals surface area contributed by atoms with Crippen LogP contribution in [-0.4, -0.2) is 42.1 Å². The lowest BCUT2D eigenvalue weighted by Gasteiger charge is -2.17. The normalized spacial score (nSPS) is 16.0. The Bertz CT molecular complexity index is 891. The summed E-state index contributed by atoms with van der Waals surface area (Å²) in [6.07, 6.45) is 4.28. The van der Waals surface area contributed by atoms with Gasteiger partial charge in [-0.2, -0.15) is 5.10 Å². The smallest absolute Gasteiger partial charge is 0.191 e. The Hall–Kier alpha value is -1.81. The number of ether oxygens (including phenoxy) is 2. The average molecular weight is 556 g/mol. The van der Waals surface area contributed by atoms with Crippen molar-refractivity contribution in [1.82, 2.24) is 20.4 Å². The zero-order valence-corrected chi connectivity index (χ0v) is 22.4. The van der Waals surface area contributed by atoms with Crippen LogP contribution in [0.2, 0.25) is 0 Å². The molecule has 2 N–H and O–H groups in total. The van der Waals surface area contributed by atoms with Gasteiger partial charge in [0.1, 0.15) is 12.4 Å². The molecule has 0 amide bonds. The molecule has 0 bridgehead atoms. The summed E-state index contributed by atoms with van der Waals surface area (Å²) < 4.78 is 13.8. The second-order valence-corrected chi connectivity index (χ2v) is 8.04. The van der Waals surface area contributed by atoms with Gasteiger partial charge in [-0.15, -0.1) is 24.0 Å². The van der Waals surface area contributed by atoms with Crippen molar-refractivity contribution < 1.29 is 9.47 Å². The largest absolute Gasteiger partial charge is 0.491 e. The first-order chi connectivity index (χ1) is 15.0. The highest BCUT2D eigenvalue weighted by molar-refractivity contribution is 14.0. The fourth-order valence-corrected chi connectivity index (χ4v) is 4.07. The fourth-order valence-electron chi connectivity index (χ4n) is 4.07. The molecule has 1 saturated heterocycles. The zero-order valence-electron chi connectivity index (χ0n) is 20.0. The molecule has 8 heteroatoms. The van der Waals surface area contributed by atoms with E-state index >= 15 is 0 Å². The number of halogens is 1. The monoisotopic (exact) mass is 555 g/mol. The van der Waals surface area contributed by atoms with Crippen LogP contribution in [0.1, 0.15) is 54.8 Å². The highest BCUT2D eigenvalue weighted by Crippen LogP contribution is 2.22. The first-order valence-corrected chi connectivity index (χ1v) is 11.4. The minimum atomic E-state index is 0. The molecule has 7 nitrogen and oxygen atoms in total. The molecular weight excluding hydrogens is 517 g/mol. The second-order valence-electron chi connectivity index (χ2n) is 8.04. The van der Waals surface area contributed by atoms with Crippen LogP contribution in [0, 0.1) is 6.92 Å². The van der Waals surface area contributed by atoms with Crippen molar-refractivity contribution in [3.8, 4) is 5.75 Å². The van der Waals surface area contributed by atoms with E-state index in [1.807, 2.05) is 11.7 Å². The van der Waals surface area contributed by atoms with Gasteiger partial charge in [-0.3, -0.25) is 9.67 Å². The van der Waals surface area contributed by atoms with Gasteiger partial charge in [0.15, 0.2) is 5.96 Å². The van der Waals surface area contributed by atoms with Crippen LogP contribution in [0.25, 0.3) is 0 Å². The molecule has 0 saturated carbocycles. The molecule has 2 heterocycles. The molecule has 2 aromatic rings. The number of hydrogen-bond donors (Lipinski definition) is 2. The van der Waals surface area contributed by atoms with Crippen LogP contribution in [0.3, 0.4) is 0 Å². The summed E-state index contributed by atoms with van der Waals surface area (Å²) in [6, 6.07) is 6.33. The van der Waals surface area contributed by atoms with E-state index in [1.165, 1.54) is 16.8 Å². The van der Waals surface area contributed by atoms with Crippen molar-refractivity contribution >= 4 is 29.9 Å². The summed E-state index contributed by atoms with van der Waals surface area (Å²) in [7, 11) is 3.81. The van der Waals surface area contributed by atoms with Crippen molar-refractivity contribution in [3.63, 3.8) is 0 Å². The van der Waals surface area contributed by atoms with Gasteiger partial charge in [0.2, 0.25) is 0 Å². The Labute approximate surface area is 209 Å². The van der Waals surface area contributed by atoms with Crippen LogP contribution in [0.5, 0.6) is 5.75 Å². The molecule has 1 fully saturated rings. The third-order valence-corrected chi connectivity index (χ3v) is 5.80. The molecule has 1 aromatic heterocycles. The zero-order chi connectivity index (χ0) is 22.2. The van der Waals surface area contributed by atoms with E-state index in [2.05, 4.69) is 59.7 Å². The number of aliphatic imine (C=N–C) groups is 1. The summed E-state index contributed by atoms with van der Waals surface area (Å²) in [6.45, 7) is 9.18. The van der Waals surface area contributed by atoms with Crippen molar-refractivity contribution in [3.05, 3.63) is 46.3 Å². The first kappa shape index (κ1) is 26.4. The lowest BCUT2D eigenvalue weighted by atomic mass is 10.1. The van der Waals surface area contributed by atoms with E-state index in [-0.39, 0.29) is 30.1 Å². The standard InChI is InChI=1S/C24H37N5O2.HI/c1-6-21-20(22(7-2)29(5)28-21)15-27-24(25-4)26-14-18-11-10-17(3)13-23(18)31-16-19-9-8-12-30-19;/h10-11,13,19H,6-9,12,14-16H2,1-5H3,(H2,25,26,27);1H. The lowest BCUT2D eigenvalue weighted by Crippen LogP contribution is -2.36. The van der Waals surface area contributed by atoms with E-state index in [0.29, 0.717) is 19.7 Å². The molecule has 1 aliphatic heterocycles. The Morgan fingerprint density at radius 3 is 2.69 bits per heavy atom. The number of nitrogens with one attached hydrogen (secondary N) is 2. The maximum absolute atomic E-state index is 6.12. The third-order valence-electron chi connectivity index (χ3n) is 5.80. The van der Waals surface area contributed by atoms with Gasteiger partial charge in [0.25, 0.3) is 0 Å².